The van der Waals surface area contributed by atoms with Gasteiger partial charge in [-0.05, 0) is 11.6 Å². The molecule has 1 saturated heterocycles. The van der Waals surface area contributed by atoms with Crippen molar-refractivity contribution in [1.82, 2.24) is 25.4 Å². The molecule has 1 aromatic heterocycles. The Balaban J connectivity index is 1.67. The average molecular weight is 364 g/mol. The number of hydrogen-bond donors (Lipinski definition) is 2. The molecule has 3 rings (SSSR count). The van der Waals surface area contributed by atoms with Crippen LogP contribution in [0.4, 0.5) is 0 Å². The molecule has 9 heteroatoms. The van der Waals surface area contributed by atoms with Gasteiger partial charge < -0.3 is 19.9 Å². The Bertz CT molecular complexity index is 779. The lowest BCUT2D eigenvalue weighted by Gasteiger charge is -2.32. The third-order valence-electron chi connectivity index (χ3n) is 3.96. The van der Waals surface area contributed by atoms with Gasteiger partial charge in [0.15, 0.2) is 6.10 Å². The molecule has 0 saturated carbocycles. The molecule has 0 aliphatic carbocycles. The number of amides is 2. The number of ether oxygens (including phenoxy) is 1. The van der Waals surface area contributed by atoms with E-state index < -0.39 is 12.1 Å². The fourth-order valence-electron chi connectivity index (χ4n) is 2.68. The summed E-state index contributed by atoms with van der Waals surface area (Å²) in [5.74, 6) is 0.168. The predicted molar refractivity (Wildman–Crippen MR) is 89.8 cm³/mol. The van der Waals surface area contributed by atoms with Crippen LogP contribution in [-0.4, -0.2) is 45.8 Å². The number of aromatic nitrogens is 3. The second kappa shape index (κ2) is 7.62. The van der Waals surface area contributed by atoms with Crippen molar-refractivity contribution in [3.63, 3.8) is 0 Å². The van der Waals surface area contributed by atoms with E-state index >= 15 is 0 Å². The Hall–Kier alpha value is -2.45. The van der Waals surface area contributed by atoms with E-state index in [0.717, 1.165) is 5.82 Å². The first kappa shape index (κ1) is 17.4. The van der Waals surface area contributed by atoms with Gasteiger partial charge in [0.2, 0.25) is 5.91 Å². The first-order valence-electron chi connectivity index (χ1n) is 7.82. The second-order valence-electron chi connectivity index (χ2n) is 5.70. The first-order chi connectivity index (χ1) is 12.1. The molecule has 1 aliphatic heterocycles. The van der Waals surface area contributed by atoms with E-state index in [9.17, 15) is 9.59 Å². The van der Waals surface area contributed by atoms with Crippen molar-refractivity contribution in [3.8, 4) is 0 Å². The Morgan fingerprint density at radius 1 is 1.48 bits per heavy atom. The van der Waals surface area contributed by atoms with Crippen LogP contribution < -0.4 is 10.6 Å². The summed E-state index contributed by atoms with van der Waals surface area (Å²) >= 11 is 6.21. The molecule has 1 aromatic carbocycles. The maximum absolute atomic E-state index is 12.5. The summed E-state index contributed by atoms with van der Waals surface area (Å²) in [6.45, 7) is 0.219. The molecular weight excluding hydrogens is 346 g/mol. The first-order valence-corrected chi connectivity index (χ1v) is 8.20. The highest BCUT2D eigenvalue weighted by Crippen LogP contribution is 2.28. The molecule has 0 bridgehead atoms. The largest absolute Gasteiger partial charge is 0.356 e. The number of carbonyl (C=O) groups is 2. The van der Waals surface area contributed by atoms with E-state index in [1.807, 2.05) is 7.05 Å². The predicted octanol–water partition coefficient (Wildman–Crippen LogP) is 0.384. The Kier molecular flexibility index (Phi) is 5.30. The van der Waals surface area contributed by atoms with Crippen molar-refractivity contribution in [2.45, 2.75) is 18.6 Å². The summed E-state index contributed by atoms with van der Waals surface area (Å²) in [5.41, 5.74) is 0.644. The van der Waals surface area contributed by atoms with Crippen molar-refractivity contribution < 1.29 is 14.3 Å². The lowest BCUT2D eigenvalue weighted by Crippen LogP contribution is -2.52. The third-order valence-corrected chi connectivity index (χ3v) is 4.31. The highest BCUT2D eigenvalue weighted by molar-refractivity contribution is 6.31. The number of rotatable bonds is 5. The van der Waals surface area contributed by atoms with Crippen molar-refractivity contribution in [2.75, 3.05) is 13.2 Å². The summed E-state index contributed by atoms with van der Waals surface area (Å²) in [4.78, 5) is 24.2. The number of carbonyl (C=O) groups excluding carboxylic acids is 2. The van der Waals surface area contributed by atoms with Gasteiger partial charge in [-0.2, -0.15) is 0 Å². The number of nitrogens with zero attached hydrogens (tertiary/aromatic N) is 3. The van der Waals surface area contributed by atoms with E-state index in [1.54, 1.807) is 35.2 Å². The fraction of sp³-hybridized carbons (Fsp3) is 0.375. The van der Waals surface area contributed by atoms with E-state index in [0.29, 0.717) is 23.6 Å². The minimum absolute atomic E-state index is 0.164. The maximum atomic E-state index is 12.5. The van der Waals surface area contributed by atoms with Crippen LogP contribution >= 0.6 is 11.6 Å². The van der Waals surface area contributed by atoms with Crippen molar-refractivity contribution in [2.24, 2.45) is 7.05 Å². The van der Waals surface area contributed by atoms with Crippen LogP contribution in [0.1, 0.15) is 17.4 Å². The molecule has 132 valence electrons. The standard InChI is InChI=1S/C16H18ClN5O3/c1-22-9-19-21-12(22)6-7-18-16(24)15-14(20-13(23)8-25-15)10-4-2-3-5-11(10)17/h2-5,9,14-15H,6-8H2,1H3,(H,18,24)(H,20,23). The molecule has 2 atom stereocenters. The molecule has 8 nitrogen and oxygen atoms in total. The number of aryl methyl sites for hydroxylation is 1. The third kappa shape index (κ3) is 3.97. The van der Waals surface area contributed by atoms with Gasteiger partial charge in [-0.1, -0.05) is 29.8 Å². The van der Waals surface area contributed by atoms with E-state index in [1.165, 1.54) is 0 Å². The maximum Gasteiger partial charge on any atom is 0.251 e. The number of benzene rings is 1. The van der Waals surface area contributed by atoms with Crippen LogP contribution in [0, 0.1) is 0 Å². The van der Waals surface area contributed by atoms with E-state index in [4.69, 9.17) is 16.3 Å². The van der Waals surface area contributed by atoms with Crippen LogP contribution in [0.15, 0.2) is 30.6 Å². The zero-order chi connectivity index (χ0) is 17.8. The zero-order valence-electron chi connectivity index (χ0n) is 13.6. The highest BCUT2D eigenvalue weighted by Gasteiger charge is 2.36. The van der Waals surface area contributed by atoms with Gasteiger partial charge in [0.1, 0.15) is 18.8 Å². The van der Waals surface area contributed by atoms with Gasteiger partial charge in [0.05, 0.1) is 6.04 Å². The van der Waals surface area contributed by atoms with Crippen molar-refractivity contribution >= 4 is 23.4 Å². The van der Waals surface area contributed by atoms with E-state index in [-0.39, 0.29) is 18.4 Å². The Labute approximate surface area is 149 Å². The SMILES string of the molecule is Cn1cnnc1CCNC(=O)C1OCC(=O)NC1c1ccccc1Cl. The minimum Gasteiger partial charge on any atom is -0.356 e. The normalized spacial score (nSPS) is 20.2. The summed E-state index contributed by atoms with van der Waals surface area (Å²) < 4.78 is 7.26. The summed E-state index contributed by atoms with van der Waals surface area (Å²) in [6, 6.07) is 6.42. The minimum atomic E-state index is -0.850. The summed E-state index contributed by atoms with van der Waals surface area (Å²) in [5, 5.41) is 13.8. The van der Waals surface area contributed by atoms with Crippen LogP contribution in [0.25, 0.3) is 0 Å². The molecule has 2 aromatic rings. The summed E-state index contributed by atoms with van der Waals surface area (Å²) in [6.07, 6.45) is 1.29. The van der Waals surface area contributed by atoms with Crippen molar-refractivity contribution in [3.05, 3.63) is 47.0 Å². The number of nitrogens with one attached hydrogen (secondary N) is 2. The Morgan fingerprint density at radius 2 is 2.28 bits per heavy atom. The van der Waals surface area contributed by atoms with Crippen LogP contribution in [0.3, 0.4) is 0 Å². The molecule has 2 unspecified atom stereocenters. The monoisotopic (exact) mass is 363 g/mol. The number of hydrogen-bond acceptors (Lipinski definition) is 5. The lowest BCUT2D eigenvalue weighted by molar-refractivity contribution is -0.148. The molecular formula is C16H18ClN5O3. The van der Waals surface area contributed by atoms with Crippen LogP contribution in [0.5, 0.6) is 0 Å². The average Bonchev–Trinajstić information content (AvgIpc) is 3.00. The van der Waals surface area contributed by atoms with Gasteiger partial charge >= 0.3 is 0 Å². The number of halogens is 1. The topological polar surface area (TPSA) is 98.1 Å². The zero-order valence-corrected chi connectivity index (χ0v) is 14.4. The smallest absolute Gasteiger partial charge is 0.251 e. The molecule has 0 spiro atoms. The molecule has 25 heavy (non-hydrogen) atoms. The molecule has 1 fully saturated rings. The second-order valence-corrected chi connectivity index (χ2v) is 6.10. The molecule has 2 heterocycles. The lowest BCUT2D eigenvalue weighted by atomic mass is 9.99. The van der Waals surface area contributed by atoms with Gasteiger partial charge in [-0.25, -0.2) is 0 Å². The van der Waals surface area contributed by atoms with Gasteiger partial charge in [0, 0.05) is 25.0 Å². The Morgan fingerprint density at radius 3 is 3.00 bits per heavy atom. The van der Waals surface area contributed by atoms with Gasteiger partial charge in [-0.3, -0.25) is 9.59 Å². The molecule has 2 N–H and O–H groups in total. The molecule has 1 aliphatic rings. The van der Waals surface area contributed by atoms with Gasteiger partial charge in [0.25, 0.3) is 5.91 Å². The van der Waals surface area contributed by atoms with E-state index in [2.05, 4.69) is 20.8 Å². The molecule has 2 amide bonds. The quantitative estimate of drug-likeness (QED) is 0.800. The van der Waals surface area contributed by atoms with Crippen molar-refractivity contribution in [1.29, 1.82) is 0 Å². The van der Waals surface area contributed by atoms with Crippen LogP contribution in [0.2, 0.25) is 5.02 Å². The summed E-state index contributed by atoms with van der Waals surface area (Å²) in [7, 11) is 1.84. The fourth-order valence-corrected chi connectivity index (χ4v) is 2.93. The van der Waals surface area contributed by atoms with Gasteiger partial charge in [-0.15, -0.1) is 10.2 Å². The molecule has 0 radical (unpaired) electrons. The highest BCUT2D eigenvalue weighted by atomic mass is 35.5. The number of morpholine rings is 1. The van der Waals surface area contributed by atoms with Crippen LogP contribution in [-0.2, 0) is 27.8 Å².